The summed E-state index contributed by atoms with van der Waals surface area (Å²) >= 11 is 11.7. The van der Waals surface area contributed by atoms with Crippen molar-refractivity contribution < 1.29 is 14.1 Å². The minimum absolute atomic E-state index is 0.0422. The molecule has 3 aromatic rings. The molecule has 0 saturated heterocycles. The quantitative estimate of drug-likeness (QED) is 0.638. The Morgan fingerprint density at radius 1 is 1.04 bits per heavy atom. The molecular weight excluding hydrogens is 403 g/mol. The van der Waals surface area contributed by atoms with E-state index in [2.05, 4.69) is 20.8 Å². The number of amides is 2. The second-order valence-electron chi connectivity index (χ2n) is 5.94. The summed E-state index contributed by atoms with van der Waals surface area (Å²) in [6, 6.07) is 12.6. The molecule has 0 aliphatic carbocycles. The Labute approximate surface area is 171 Å². The van der Waals surface area contributed by atoms with Crippen LogP contribution >= 0.6 is 23.2 Å². The maximum Gasteiger partial charge on any atom is 0.251 e. The summed E-state index contributed by atoms with van der Waals surface area (Å²) in [7, 11) is 0. The van der Waals surface area contributed by atoms with Gasteiger partial charge in [-0.3, -0.25) is 9.59 Å². The molecule has 0 aliphatic heterocycles. The molecule has 9 heteroatoms. The normalized spacial score (nSPS) is 11.7. The highest BCUT2D eigenvalue weighted by molar-refractivity contribution is 6.30. The zero-order valence-corrected chi connectivity index (χ0v) is 16.3. The second-order valence-corrected chi connectivity index (χ2v) is 6.81. The molecule has 28 heavy (non-hydrogen) atoms. The predicted molar refractivity (Wildman–Crippen MR) is 105 cm³/mol. The summed E-state index contributed by atoms with van der Waals surface area (Å²) in [6.45, 7) is 1.62. The summed E-state index contributed by atoms with van der Waals surface area (Å²) in [6.07, 6.45) is 0. The summed E-state index contributed by atoms with van der Waals surface area (Å²) in [4.78, 5) is 28.6. The lowest BCUT2D eigenvalue weighted by Crippen LogP contribution is -2.44. The predicted octanol–water partition coefficient (Wildman–Crippen LogP) is 3.48. The van der Waals surface area contributed by atoms with Crippen molar-refractivity contribution >= 4 is 35.0 Å². The number of halogens is 2. The van der Waals surface area contributed by atoms with Crippen molar-refractivity contribution in [3.05, 3.63) is 70.0 Å². The first-order chi connectivity index (χ1) is 13.4. The molecule has 0 bridgehead atoms. The van der Waals surface area contributed by atoms with E-state index in [1.54, 1.807) is 55.5 Å². The van der Waals surface area contributed by atoms with Gasteiger partial charge in [0.1, 0.15) is 6.04 Å². The topological polar surface area (TPSA) is 97.1 Å². The highest BCUT2D eigenvalue weighted by Gasteiger charge is 2.17. The van der Waals surface area contributed by atoms with E-state index in [0.29, 0.717) is 21.4 Å². The number of hydrogen-bond acceptors (Lipinski definition) is 5. The van der Waals surface area contributed by atoms with Crippen LogP contribution in [0.4, 0.5) is 0 Å². The van der Waals surface area contributed by atoms with Gasteiger partial charge in [0, 0.05) is 21.2 Å². The van der Waals surface area contributed by atoms with Crippen molar-refractivity contribution in [2.24, 2.45) is 0 Å². The molecule has 1 heterocycles. The first-order valence-electron chi connectivity index (χ1n) is 8.35. The lowest BCUT2D eigenvalue weighted by atomic mass is 10.2. The Kier molecular flexibility index (Phi) is 6.28. The van der Waals surface area contributed by atoms with Crippen molar-refractivity contribution in [3.63, 3.8) is 0 Å². The number of carbonyl (C=O) groups excluding carboxylic acids is 2. The lowest BCUT2D eigenvalue weighted by Gasteiger charge is -2.13. The molecule has 0 aliphatic rings. The number of rotatable bonds is 6. The fourth-order valence-electron chi connectivity index (χ4n) is 2.31. The molecule has 144 valence electrons. The third-order valence-electron chi connectivity index (χ3n) is 3.83. The van der Waals surface area contributed by atoms with Crippen LogP contribution < -0.4 is 10.6 Å². The van der Waals surface area contributed by atoms with Crippen LogP contribution in [0, 0.1) is 0 Å². The highest BCUT2D eigenvalue weighted by Crippen LogP contribution is 2.18. The summed E-state index contributed by atoms with van der Waals surface area (Å²) in [5, 5.41) is 10.3. The Balaban J connectivity index is 1.53. The van der Waals surface area contributed by atoms with Crippen LogP contribution in [0.3, 0.4) is 0 Å². The maximum absolute atomic E-state index is 12.2. The Morgan fingerprint density at radius 2 is 1.64 bits per heavy atom. The van der Waals surface area contributed by atoms with Gasteiger partial charge in [0.15, 0.2) is 0 Å². The van der Waals surface area contributed by atoms with Crippen LogP contribution in [0.1, 0.15) is 23.2 Å². The van der Waals surface area contributed by atoms with Gasteiger partial charge in [0.25, 0.3) is 5.91 Å². The number of carbonyl (C=O) groups is 2. The van der Waals surface area contributed by atoms with Crippen molar-refractivity contribution in [2.75, 3.05) is 0 Å². The molecular formula is C19H16Cl2N4O3. The third kappa shape index (κ3) is 5.09. The fourth-order valence-corrected chi connectivity index (χ4v) is 2.56. The number of aromatic nitrogens is 2. The number of nitrogens with one attached hydrogen (secondary N) is 2. The van der Waals surface area contributed by atoms with Gasteiger partial charge in [0.05, 0.1) is 6.54 Å². The number of hydrogen-bond donors (Lipinski definition) is 2. The van der Waals surface area contributed by atoms with Gasteiger partial charge in [0.2, 0.25) is 17.6 Å². The molecule has 2 aromatic carbocycles. The molecule has 1 unspecified atom stereocenters. The van der Waals surface area contributed by atoms with Crippen LogP contribution in [0.2, 0.25) is 10.0 Å². The van der Waals surface area contributed by atoms with Crippen LogP contribution in [0.25, 0.3) is 11.4 Å². The Morgan fingerprint density at radius 3 is 2.29 bits per heavy atom. The van der Waals surface area contributed by atoms with Gasteiger partial charge in [-0.25, -0.2) is 0 Å². The Hall–Kier alpha value is -2.90. The smallest absolute Gasteiger partial charge is 0.251 e. The summed E-state index contributed by atoms with van der Waals surface area (Å²) in [5.74, 6) is -0.116. The van der Waals surface area contributed by atoms with Crippen molar-refractivity contribution in [2.45, 2.75) is 19.5 Å². The molecule has 2 amide bonds. The van der Waals surface area contributed by atoms with Gasteiger partial charge in [-0.05, 0) is 55.5 Å². The SMILES string of the molecule is CC(NC(=O)c1ccc(Cl)cc1)C(=O)NCc1nc(-c2ccc(Cl)cc2)no1. The summed E-state index contributed by atoms with van der Waals surface area (Å²) < 4.78 is 5.13. The zero-order chi connectivity index (χ0) is 20.1. The summed E-state index contributed by atoms with van der Waals surface area (Å²) in [5.41, 5.74) is 1.16. The van der Waals surface area contributed by atoms with E-state index >= 15 is 0 Å². The van der Waals surface area contributed by atoms with E-state index in [1.807, 2.05) is 0 Å². The van der Waals surface area contributed by atoms with Crippen molar-refractivity contribution in [1.29, 1.82) is 0 Å². The van der Waals surface area contributed by atoms with E-state index in [-0.39, 0.29) is 24.2 Å². The van der Waals surface area contributed by atoms with Crippen LogP contribution in [-0.4, -0.2) is 28.0 Å². The average molecular weight is 419 g/mol. The van der Waals surface area contributed by atoms with Gasteiger partial charge in [-0.1, -0.05) is 28.4 Å². The fraction of sp³-hybridized carbons (Fsp3) is 0.158. The van der Waals surface area contributed by atoms with E-state index in [0.717, 1.165) is 5.56 Å². The molecule has 1 atom stereocenters. The van der Waals surface area contributed by atoms with E-state index in [9.17, 15) is 9.59 Å². The third-order valence-corrected chi connectivity index (χ3v) is 4.34. The number of nitrogens with zero attached hydrogens (tertiary/aromatic N) is 2. The molecule has 2 N–H and O–H groups in total. The lowest BCUT2D eigenvalue weighted by molar-refractivity contribution is -0.122. The van der Waals surface area contributed by atoms with Crippen molar-refractivity contribution in [3.8, 4) is 11.4 Å². The van der Waals surface area contributed by atoms with Gasteiger partial charge in [-0.15, -0.1) is 0 Å². The zero-order valence-electron chi connectivity index (χ0n) is 14.8. The number of benzene rings is 2. The monoisotopic (exact) mass is 418 g/mol. The standard InChI is InChI=1S/C19H16Cl2N4O3/c1-11(23-19(27)13-4-8-15(21)9-5-13)18(26)22-10-16-24-17(25-28-16)12-2-6-14(20)7-3-12/h2-9,11H,10H2,1H3,(H,22,26)(H,23,27). The van der Waals surface area contributed by atoms with Crippen molar-refractivity contribution in [1.82, 2.24) is 20.8 Å². The molecule has 0 spiro atoms. The van der Waals surface area contributed by atoms with Crippen LogP contribution in [0.5, 0.6) is 0 Å². The van der Waals surface area contributed by atoms with E-state index in [1.165, 1.54) is 0 Å². The molecule has 0 saturated carbocycles. The average Bonchev–Trinajstić information content (AvgIpc) is 3.16. The molecule has 3 rings (SSSR count). The first kappa shape index (κ1) is 19.9. The molecule has 1 aromatic heterocycles. The first-order valence-corrected chi connectivity index (χ1v) is 9.10. The molecule has 0 radical (unpaired) electrons. The van der Waals surface area contributed by atoms with E-state index < -0.39 is 6.04 Å². The minimum atomic E-state index is -0.748. The minimum Gasteiger partial charge on any atom is -0.345 e. The molecule has 7 nitrogen and oxygen atoms in total. The Bertz CT molecular complexity index is 972. The highest BCUT2D eigenvalue weighted by atomic mass is 35.5. The van der Waals surface area contributed by atoms with E-state index in [4.69, 9.17) is 27.7 Å². The molecule has 0 fully saturated rings. The maximum atomic E-state index is 12.2. The van der Waals surface area contributed by atoms with Gasteiger partial charge in [-0.2, -0.15) is 4.98 Å². The largest absolute Gasteiger partial charge is 0.345 e. The second kappa shape index (κ2) is 8.86. The van der Waals surface area contributed by atoms with Gasteiger partial charge < -0.3 is 15.2 Å². The van der Waals surface area contributed by atoms with Gasteiger partial charge >= 0.3 is 0 Å². The van der Waals surface area contributed by atoms with Crippen LogP contribution in [0.15, 0.2) is 53.1 Å². The van der Waals surface area contributed by atoms with Crippen LogP contribution in [-0.2, 0) is 11.3 Å².